The molecule has 1 aliphatic carbocycles. The van der Waals surface area contributed by atoms with E-state index in [9.17, 15) is 4.79 Å². The molecule has 15 heavy (non-hydrogen) atoms. The Morgan fingerprint density at radius 3 is 2.53 bits per heavy atom. The molecular formula is C12H21NO2. The molecular weight excluding hydrogens is 190 g/mol. The molecule has 1 N–H and O–H groups in total. The van der Waals surface area contributed by atoms with E-state index in [4.69, 9.17) is 5.11 Å². The monoisotopic (exact) mass is 211 g/mol. The van der Waals surface area contributed by atoms with E-state index < -0.39 is 0 Å². The Labute approximate surface area is 91.5 Å². The van der Waals surface area contributed by atoms with Gasteiger partial charge in [-0.25, -0.2) is 0 Å². The molecule has 1 atom stereocenters. The van der Waals surface area contributed by atoms with Crippen LogP contribution in [0.2, 0.25) is 0 Å². The van der Waals surface area contributed by atoms with E-state index in [0.29, 0.717) is 12.5 Å². The van der Waals surface area contributed by atoms with Crippen LogP contribution in [0, 0.1) is 17.8 Å². The van der Waals surface area contributed by atoms with Gasteiger partial charge in [0.1, 0.15) is 0 Å². The summed E-state index contributed by atoms with van der Waals surface area (Å²) < 4.78 is 0. The Bertz CT molecular complexity index is 232. The van der Waals surface area contributed by atoms with Crippen LogP contribution in [0.5, 0.6) is 0 Å². The molecule has 0 aromatic carbocycles. The predicted molar refractivity (Wildman–Crippen MR) is 58.3 cm³/mol. The van der Waals surface area contributed by atoms with Gasteiger partial charge in [0, 0.05) is 26.6 Å². The number of aliphatic hydroxyl groups excluding tert-OH is 1. The fourth-order valence-corrected chi connectivity index (χ4v) is 2.75. The van der Waals surface area contributed by atoms with E-state index in [1.807, 2.05) is 4.90 Å². The molecule has 0 bridgehead atoms. The van der Waals surface area contributed by atoms with Crippen LogP contribution in [0.4, 0.5) is 0 Å². The zero-order valence-corrected chi connectivity index (χ0v) is 9.48. The van der Waals surface area contributed by atoms with Gasteiger partial charge in [-0.2, -0.15) is 0 Å². The maximum Gasteiger partial charge on any atom is 0.219 e. The second kappa shape index (κ2) is 4.52. The number of hydrogen-bond donors (Lipinski definition) is 1. The van der Waals surface area contributed by atoms with Gasteiger partial charge >= 0.3 is 0 Å². The molecule has 0 aromatic rings. The Hall–Kier alpha value is -0.570. The van der Waals surface area contributed by atoms with Gasteiger partial charge in [-0.05, 0) is 43.4 Å². The second-order valence-corrected chi connectivity index (χ2v) is 5.05. The summed E-state index contributed by atoms with van der Waals surface area (Å²) in [6, 6.07) is 0. The largest absolute Gasteiger partial charge is 0.396 e. The second-order valence-electron chi connectivity index (χ2n) is 5.05. The van der Waals surface area contributed by atoms with Crippen LogP contribution >= 0.6 is 0 Å². The first-order chi connectivity index (χ1) is 7.22. The third-order valence-electron chi connectivity index (χ3n) is 3.88. The molecule has 1 saturated carbocycles. The Balaban J connectivity index is 1.77. The summed E-state index contributed by atoms with van der Waals surface area (Å²) in [7, 11) is 0. The van der Waals surface area contributed by atoms with Crippen LogP contribution in [-0.2, 0) is 4.79 Å². The predicted octanol–water partition coefficient (Wildman–Crippen LogP) is 1.26. The summed E-state index contributed by atoms with van der Waals surface area (Å²) in [5.41, 5.74) is 0. The minimum atomic E-state index is 0.211. The van der Waals surface area contributed by atoms with Gasteiger partial charge in [0.2, 0.25) is 5.91 Å². The quantitative estimate of drug-likeness (QED) is 0.744. The van der Waals surface area contributed by atoms with Gasteiger partial charge in [-0.1, -0.05) is 0 Å². The fourth-order valence-electron chi connectivity index (χ4n) is 2.75. The van der Waals surface area contributed by atoms with Crippen molar-refractivity contribution < 1.29 is 9.90 Å². The highest BCUT2D eigenvalue weighted by molar-refractivity contribution is 5.74. The maximum atomic E-state index is 11.1. The summed E-state index contributed by atoms with van der Waals surface area (Å²) in [6.07, 6.45) is 4.81. The van der Waals surface area contributed by atoms with E-state index in [2.05, 4.69) is 0 Å². The maximum absolute atomic E-state index is 11.1. The molecule has 3 nitrogen and oxygen atoms in total. The highest BCUT2D eigenvalue weighted by Gasteiger charge is 2.41. The van der Waals surface area contributed by atoms with Crippen molar-refractivity contribution in [3.8, 4) is 0 Å². The molecule has 1 amide bonds. The first kappa shape index (κ1) is 10.9. The van der Waals surface area contributed by atoms with Gasteiger partial charge in [-0.15, -0.1) is 0 Å². The topological polar surface area (TPSA) is 40.5 Å². The van der Waals surface area contributed by atoms with Crippen LogP contribution in [-0.4, -0.2) is 35.6 Å². The number of likely N-dealkylation sites (tertiary alicyclic amines) is 1. The Morgan fingerprint density at radius 1 is 1.40 bits per heavy atom. The van der Waals surface area contributed by atoms with Gasteiger partial charge in [-0.3, -0.25) is 4.79 Å². The molecule has 2 fully saturated rings. The number of hydrogen-bond acceptors (Lipinski definition) is 2. The zero-order chi connectivity index (χ0) is 10.8. The average molecular weight is 211 g/mol. The lowest BCUT2D eigenvalue weighted by Crippen LogP contribution is -2.52. The minimum absolute atomic E-state index is 0.211. The molecule has 1 saturated heterocycles. The SMILES string of the molecule is CC(=O)N1CC(C(CCCO)C2CC2)C1. The minimum Gasteiger partial charge on any atom is -0.396 e. The van der Waals surface area contributed by atoms with Gasteiger partial charge in [0.05, 0.1) is 0 Å². The van der Waals surface area contributed by atoms with Crippen molar-refractivity contribution in [2.24, 2.45) is 17.8 Å². The third-order valence-corrected chi connectivity index (χ3v) is 3.88. The van der Waals surface area contributed by atoms with E-state index in [1.165, 1.54) is 12.8 Å². The molecule has 2 aliphatic rings. The van der Waals surface area contributed by atoms with Crippen LogP contribution in [0.15, 0.2) is 0 Å². The average Bonchev–Trinajstić information content (AvgIpc) is 2.90. The summed E-state index contributed by atoms with van der Waals surface area (Å²) in [5.74, 6) is 2.60. The Kier molecular flexibility index (Phi) is 3.29. The van der Waals surface area contributed by atoms with Crippen LogP contribution < -0.4 is 0 Å². The number of aliphatic hydroxyl groups is 1. The van der Waals surface area contributed by atoms with Gasteiger partial charge < -0.3 is 10.0 Å². The van der Waals surface area contributed by atoms with Crippen molar-refractivity contribution in [3.05, 3.63) is 0 Å². The molecule has 0 spiro atoms. The van der Waals surface area contributed by atoms with Crippen molar-refractivity contribution in [1.82, 2.24) is 4.90 Å². The van der Waals surface area contributed by atoms with Gasteiger partial charge in [0.15, 0.2) is 0 Å². The molecule has 86 valence electrons. The van der Waals surface area contributed by atoms with Crippen LogP contribution in [0.25, 0.3) is 0 Å². The lowest BCUT2D eigenvalue weighted by molar-refractivity contribution is -0.136. The van der Waals surface area contributed by atoms with E-state index in [-0.39, 0.29) is 5.91 Å². The van der Waals surface area contributed by atoms with E-state index in [0.717, 1.165) is 37.8 Å². The van der Waals surface area contributed by atoms with E-state index in [1.54, 1.807) is 6.92 Å². The highest BCUT2D eigenvalue weighted by Crippen LogP contribution is 2.45. The zero-order valence-electron chi connectivity index (χ0n) is 9.48. The fraction of sp³-hybridized carbons (Fsp3) is 0.917. The van der Waals surface area contributed by atoms with E-state index >= 15 is 0 Å². The third kappa shape index (κ3) is 2.51. The normalized spacial score (nSPS) is 23.7. The molecule has 2 rings (SSSR count). The first-order valence-electron chi connectivity index (χ1n) is 6.08. The standard InChI is InChI=1S/C12H21NO2/c1-9(15)13-7-11(8-13)12(3-2-6-14)10-4-5-10/h10-12,14H,2-8H2,1H3. The molecule has 0 radical (unpaired) electrons. The lowest BCUT2D eigenvalue weighted by Gasteiger charge is -2.43. The van der Waals surface area contributed by atoms with Crippen molar-refractivity contribution >= 4 is 5.91 Å². The lowest BCUT2D eigenvalue weighted by atomic mass is 9.79. The Morgan fingerprint density at radius 2 is 2.07 bits per heavy atom. The molecule has 3 heteroatoms. The molecule has 0 aromatic heterocycles. The van der Waals surface area contributed by atoms with Crippen molar-refractivity contribution in [3.63, 3.8) is 0 Å². The molecule has 1 unspecified atom stereocenters. The van der Waals surface area contributed by atoms with Crippen molar-refractivity contribution in [2.45, 2.75) is 32.6 Å². The number of carbonyl (C=O) groups excluding carboxylic acids is 1. The summed E-state index contributed by atoms with van der Waals surface area (Å²) in [5, 5.41) is 8.87. The smallest absolute Gasteiger partial charge is 0.219 e. The molecule has 1 aliphatic heterocycles. The van der Waals surface area contributed by atoms with Crippen molar-refractivity contribution in [2.75, 3.05) is 19.7 Å². The van der Waals surface area contributed by atoms with Crippen LogP contribution in [0.3, 0.4) is 0 Å². The molecule has 1 heterocycles. The van der Waals surface area contributed by atoms with Crippen LogP contribution in [0.1, 0.15) is 32.6 Å². The number of carbonyl (C=O) groups is 1. The van der Waals surface area contributed by atoms with Crippen molar-refractivity contribution in [1.29, 1.82) is 0 Å². The highest BCUT2D eigenvalue weighted by atomic mass is 16.2. The number of nitrogens with zero attached hydrogens (tertiary/aromatic N) is 1. The number of amides is 1. The van der Waals surface area contributed by atoms with Gasteiger partial charge in [0.25, 0.3) is 0 Å². The summed E-state index contributed by atoms with van der Waals surface area (Å²) >= 11 is 0. The first-order valence-corrected chi connectivity index (χ1v) is 6.08. The summed E-state index contributed by atoms with van der Waals surface area (Å²) in [6.45, 7) is 3.88. The number of rotatable bonds is 5. The summed E-state index contributed by atoms with van der Waals surface area (Å²) in [4.78, 5) is 13.0.